The Balaban J connectivity index is 1.49. The number of nitrogens with one attached hydrogen (secondary N) is 1. The van der Waals surface area contributed by atoms with Crippen molar-refractivity contribution < 1.29 is 14.4 Å². The average Bonchev–Trinajstić information content (AvgIpc) is 3.21. The third kappa shape index (κ3) is 5.03. The molecule has 0 bridgehead atoms. The zero-order valence-electron chi connectivity index (χ0n) is 15.5. The molecule has 1 fully saturated rings. The fourth-order valence-corrected chi connectivity index (χ4v) is 3.13. The van der Waals surface area contributed by atoms with E-state index in [1.54, 1.807) is 36.4 Å². The van der Waals surface area contributed by atoms with E-state index in [4.69, 9.17) is 0 Å². The molecule has 1 heterocycles. The highest BCUT2D eigenvalue weighted by atomic mass is 16.2. The van der Waals surface area contributed by atoms with Crippen molar-refractivity contribution in [2.75, 3.05) is 18.4 Å². The molecule has 3 rings (SSSR count). The first kappa shape index (κ1) is 18.8. The van der Waals surface area contributed by atoms with Crippen LogP contribution in [0.25, 0.3) is 0 Å². The van der Waals surface area contributed by atoms with Crippen LogP contribution in [0.2, 0.25) is 0 Å². The number of Topliss-reactive ketones (excluding diaryl/α,β-unsaturated/α-hetero) is 1. The SMILES string of the molecule is Cc1ccc(C(=O)CCC(=O)Nc2ccc(C(=O)N3CCCC3)cc2)cc1. The van der Waals surface area contributed by atoms with E-state index in [1.165, 1.54) is 0 Å². The van der Waals surface area contributed by atoms with Crippen LogP contribution in [0.1, 0.15) is 52.0 Å². The topological polar surface area (TPSA) is 66.5 Å². The molecule has 1 aliphatic heterocycles. The maximum atomic E-state index is 12.3. The molecule has 2 aromatic carbocycles. The minimum absolute atomic E-state index is 0.0362. The maximum Gasteiger partial charge on any atom is 0.253 e. The van der Waals surface area contributed by atoms with Crippen molar-refractivity contribution in [3.63, 3.8) is 0 Å². The van der Waals surface area contributed by atoms with Crippen LogP contribution in [0.15, 0.2) is 48.5 Å². The molecule has 0 atom stereocenters. The average molecular weight is 364 g/mol. The summed E-state index contributed by atoms with van der Waals surface area (Å²) in [6.07, 6.45) is 2.41. The Morgan fingerprint density at radius 3 is 2.07 bits per heavy atom. The van der Waals surface area contributed by atoms with Gasteiger partial charge in [0, 0.05) is 42.7 Å². The highest BCUT2D eigenvalue weighted by molar-refractivity contribution is 6.00. The molecule has 0 spiro atoms. The van der Waals surface area contributed by atoms with E-state index < -0.39 is 0 Å². The van der Waals surface area contributed by atoms with Crippen molar-refractivity contribution >= 4 is 23.3 Å². The first-order chi connectivity index (χ1) is 13.0. The van der Waals surface area contributed by atoms with Crippen LogP contribution in [0.5, 0.6) is 0 Å². The molecule has 5 nitrogen and oxygen atoms in total. The minimum Gasteiger partial charge on any atom is -0.339 e. The van der Waals surface area contributed by atoms with Gasteiger partial charge in [-0.3, -0.25) is 14.4 Å². The number of benzene rings is 2. The molecule has 0 saturated carbocycles. The van der Waals surface area contributed by atoms with Crippen molar-refractivity contribution in [3.05, 3.63) is 65.2 Å². The van der Waals surface area contributed by atoms with Crippen LogP contribution in [-0.2, 0) is 4.79 Å². The molecule has 27 heavy (non-hydrogen) atoms. The van der Waals surface area contributed by atoms with Gasteiger partial charge in [0.15, 0.2) is 5.78 Å². The fourth-order valence-electron chi connectivity index (χ4n) is 3.13. The van der Waals surface area contributed by atoms with Gasteiger partial charge >= 0.3 is 0 Å². The quantitative estimate of drug-likeness (QED) is 0.792. The number of aryl methyl sites for hydroxylation is 1. The zero-order valence-corrected chi connectivity index (χ0v) is 15.5. The molecule has 140 valence electrons. The number of hydrogen-bond acceptors (Lipinski definition) is 3. The van der Waals surface area contributed by atoms with Gasteiger partial charge in [-0.2, -0.15) is 0 Å². The lowest BCUT2D eigenvalue weighted by Gasteiger charge is -2.15. The molecular formula is C22H24N2O3. The highest BCUT2D eigenvalue weighted by Crippen LogP contribution is 2.16. The van der Waals surface area contributed by atoms with Crippen LogP contribution in [-0.4, -0.2) is 35.6 Å². The Labute approximate surface area is 159 Å². The first-order valence-corrected chi connectivity index (χ1v) is 9.32. The summed E-state index contributed by atoms with van der Waals surface area (Å²) >= 11 is 0. The number of rotatable bonds is 6. The second-order valence-corrected chi connectivity index (χ2v) is 6.91. The summed E-state index contributed by atoms with van der Waals surface area (Å²) in [5.41, 5.74) is 2.97. The number of carbonyl (C=O) groups excluding carboxylic acids is 3. The number of likely N-dealkylation sites (tertiary alicyclic amines) is 1. The van der Waals surface area contributed by atoms with Gasteiger partial charge in [-0.05, 0) is 44.0 Å². The fraction of sp³-hybridized carbons (Fsp3) is 0.318. The Bertz CT molecular complexity index is 820. The van der Waals surface area contributed by atoms with Crippen LogP contribution in [0.3, 0.4) is 0 Å². The van der Waals surface area contributed by atoms with Crippen molar-refractivity contribution in [1.29, 1.82) is 0 Å². The van der Waals surface area contributed by atoms with Crippen LogP contribution < -0.4 is 5.32 Å². The Morgan fingerprint density at radius 2 is 1.44 bits per heavy atom. The van der Waals surface area contributed by atoms with Crippen molar-refractivity contribution in [2.45, 2.75) is 32.6 Å². The van der Waals surface area contributed by atoms with Crippen molar-refractivity contribution in [3.8, 4) is 0 Å². The molecule has 0 unspecified atom stereocenters. The summed E-state index contributed by atoms with van der Waals surface area (Å²) in [5, 5.41) is 2.78. The lowest BCUT2D eigenvalue weighted by molar-refractivity contribution is -0.116. The second kappa shape index (κ2) is 8.62. The number of hydrogen-bond donors (Lipinski definition) is 1. The molecule has 1 saturated heterocycles. The molecule has 2 aromatic rings. The van der Waals surface area contributed by atoms with E-state index in [0.717, 1.165) is 31.5 Å². The minimum atomic E-state index is -0.214. The largest absolute Gasteiger partial charge is 0.339 e. The molecule has 0 radical (unpaired) electrons. The number of carbonyl (C=O) groups is 3. The summed E-state index contributed by atoms with van der Waals surface area (Å²) in [6.45, 7) is 3.59. The summed E-state index contributed by atoms with van der Waals surface area (Å²) in [4.78, 5) is 38.4. The molecule has 5 heteroatoms. The zero-order chi connectivity index (χ0) is 19.2. The summed E-state index contributed by atoms with van der Waals surface area (Å²) in [7, 11) is 0. The van der Waals surface area contributed by atoms with Gasteiger partial charge in [0.05, 0.1) is 0 Å². The van der Waals surface area contributed by atoms with Crippen LogP contribution in [0, 0.1) is 6.92 Å². The predicted octanol–water partition coefficient (Wildman–Crippen LogP) is 3.83. The highest BCUT2D eigenvalue weighted by Gasteiger charge is 2.19. The van der Waals surface area contributed by atoms with E-state index in [-0.39, 0.29) is 30.4 Å². The summed E-state index contributed by atoms with van der Waals surface area (Å²) in [6, 6.07) is 14.3. The molecule has 0 aliphatic carbocycles. The Kier molecular flexibility index (Phi) is 6.01. The van der Waals surface area contributed by atoms with Gasteiger partial charge in [0.2, 0.25) is 5.91 Å². The lowest BCUT2D eigenvalue weighted by atomic mass is 10.0. The van der Waals surface area contributed by atoms with Gasteiger partial charge in [0.25, 0.3) is 5.91 Å². The smallest absolute Gasteiger partial charge is 0.253 e. The molecule has 2 amide bonds. The second-order valence-electron chi connectivity index (χ2n) is 6.91. The third-order valence-electron chi connectivity index (χ3n) is 4.76. The molecule has 1 N–H and O–H groups in total. The number of ketones is 1. The van der Waals surface area contributed by atoms with Crippen molar-refractivity contribution in [2.24, 2.45) is 0 Å². The van der Waals surface area contributed by atoms with E-state index in [9.17, 15) is 14.4 Å². The monoisotopic (exact) mass is 364 g/mol. The van der Waals surface area contributed by atoms with Gasteiger partial charge in [-0.25, -0.2) is 0 Å². The number of amides is 2. The molecule has 0 aromatic heterocycles. The summed E-state index contributed by atoms with van der Waals surface area (Å²) < 4.78 is 0. The first-order valence-electron chi connectivity index (χ1n) is 9.32. The number of anilines is 1. The van der Waals surface area contributed by atoms with Gasteiger partial charge in [-0.15, -0.1) is 0 Å². The maximum absolute atomic E-state index is 12.3. The van der Waals surface area contributed by atoms with E-state index in [2.05, 4.69) is 5.32 Å². The lowest BCUT2D eigenvalue weighted by Crippen LogP contribution is -2.27. The van der Waals surface area contributed by atoms with Gasteiger partial charge in [-0.1, -0.05) is 29.8 Å². The van der Waals surface area contributed by atoms with E-state index in [1.807, 2.05) is 24.0 Å². The van der Waals surface area contributed by atoms with Gasteiger partial charge in [0.1, 0.15) is 0 Å². The summed E-state index contributed by atoms with van der Waals surface area (Å²) in [5.74, 6) is -0.222. The van der Waals surface area contributed by atoms with E-state index in [0.29, 0.717) is 16.8 Å². The van der Waals surface area contributed by atoms with Crippen LogP contribution >= 0.6 is 0 Å². The van der Waals surface area contributed by atoms with Crippen molar-refractivity contribution in [1.82, 2.24) is 4.90 Å². The standard InChI is InChI=1S/C22H24N2O3/c1-16-4-6-17(7-5-16)20(25)12-13-21(26)23-19-10-8-18(9-11-19)22(27)24-14-2-3-15-24/h4-11H,2-3,12-15H2,1H3,(H,23,26). The van der Waals surface area contributed by atoms with Gasteiger partial charge < -0.3 is 10.2 Å². The third-order valence-corrected chi connectivity index (χ3v) is 4.76. The normalized spacial score (nSPS) is 13.4. The van der Waals surface area contributed by atoms with Crippen LogP contribution in [0.4, 0.5) is 5.69 Å². The number of nitrogens with zero attached hydrogens (tertiary/aromatic N) is 1. The Morgan fingerprint density at radius 1 is 0.852 bits per heavy atom. The Hall–Kier alpha value is -2.95. The molecule has 1 aliphatic rings. The molecular weight excluding hydrogens is 340 g/mol. The predicted molar refractivity (Wildman–Crippen MR) is 105 cm³/mol. The van der Waals surface area contributed by atoms with E-state index >= 15 is 0 Å².